The molecule has 0 unspecified atom stereocenters. The summed E-state index contributed by atoms with van der Waals surface area (Å²) in [4.78, 5) is 9.13. The van der Waals surface area contributed by atoms with E-state index in [1.807, 2.05) is 12.3 Å². The van der Waals surface area contributed by atoms with Gasteiger partial charge in [0.15, 0.2) is 5.82 Å². The van der Waals surface area contributed by atoms with E-state index in [-0.39, 0.29) is 27.7 Å². The van der Waals surface area contributed by atoms with Gasteiger partial charge in [-0.2, -0.15) is 0 Å². The highest BCUT2D eigenvalue weighted by atomic mass is 35.5. The zero-order valence-electron chi connectivity index (χ0n) is 20.9. The second-order valence-corrected chi connectivity index (χ2v) is 12.0. The summed E-state index contributed by atoms with van der Waals surface area (Å²) in [5.41, 5.74) is 2.32. The lowest BCUT2D eigenvalue weighted by atomic mass is 10.0. The number of aromatic nitrogens is 4. The third kappa shape index (κ3) is 5.79. The molecule has 0 aliphatic carbocycles. The third-order valence-electron chi connectivity index (χ3n) is 6.14. The Hall–Kier alpha value is -2.76. The number of hydrogen-bond donors (Lipinski definition) is 1. The van der Waals surface area contributed by atoms with Gasteiger partial charge in [-0.25, -0.2) is 17.5 Å². The van der Waals surface area contributed by atoms with Crippen LogP contribution < -0.4 is 9.62 Å². The van der Waals surface area contributed by atoms with Gasteiger partial charge in [-0.05, 0) is 45.4 Å². The Morgan fingerprint density at radius 1 is 1.14 bits per heavy atom. The number of anilines is 2. The molecule has 1 N–H and O–H groups in total. The third-order valence-corrected chi connectivity index (χ3v) is 8.00. The monoisotopic (exact) mass is 535 g/mol. The molecule has 3 aromatic rings. The van der Waals surface area contributed by atoms with Crippen LogP contribution in [0.1, 0.15) is 34.1 Å². The molecule has 1 saturated heterocycles. The van der Waals surface area contributed by atoms with Gasteiger partial charge in [0.2, 0.25) is 10.0 Å². The van der Waals surface area contributed by atoms with Crippen LogP contribution in [0.4, 0.5) is 15.8 Å². The number of nitrogens with one attached hydrogen (secondary N) is 1. The molecule has 0 atom stereocenters. The Labute approximate surface area is 216 Å². The number of piperazine rings is 1. The van der Waals surface area contributed by atoms with Gasteiger partial charge in [-0.1, -0.05) is 23.7 Å². The van der Waals surface area contributed by atoms with Crippen molar-refractivity contribution in [1.29, 1.82) is 0 Å². The molecule has 194 valence electrons. The Bertz CT molecular complexity index is 1330. The molecule has 1 aliphatic heterocycles. The van der Waals surface area contributed by atoms with Crippen molar-refractivity contribution in [3.8, 4) is 16.9 Å². The average molecular weight is 536 g/mol. The zero-order chi connectivity index (χ0) is 26.1. The summed E-state index contributed by atoms with van der Waals surface area (Å²) in [6, 6.07) is 4.42. The van der Waals surface area contributed by atoms with E-state index in [1.54, 1.807) is 19.3 Å². The highest BCUT2D eigenvalue weighted by Gasteiger charge is 2.26. The van der Waals surface area contributed by atoms with Crippen molar-refractivity contribution in [2.75, 3.05) is 41.6 Å². The maximum absolute atomic E-state index is 14.8. The first-order chi connectivity index (χ1) is 17.0. The minimum Gasteiger partial charge on any atom is -0.368 e. The minimum atomic E-state index is -3.60. The van der Waals surface area contributed by atoms with Crippen molar-refractivity contribution in [3.63, 3.8) is 0 Å². The smallest absolute Gasteiger partial charge is 0.232 e. The summed E-state index contributed by atoms with van der Waals surface area (Å²) < 4.78 is 42.8. The van der Waals surface area contributed by atoms with Crippen LogP contribution >= 0.6 is 11.6 Å². The molecule has 12 heteroatoms. The number of rotatable bonds is 7. The van der Waals surface area contributed by atoms with Crippen LogP contribution in [-0.2, 0) is 10.0 Å². The lowest BCUT2D eigenvalue weighted by Gasteiger charge is -2.43. The Morgan fingerprint density at radius 2 is 1.86 bits per heavy atom. The highest BCUT2D eigenvalue weighted by Crippen LogP contribution is 2.33. The van der Waals surface area contributed by atoms with Crippen LogP contribution in [-0.4, -0.2) is 70.8 Å². The van der Waals surface area contributed by atoms with E-state index in [0.29, 0.717) is 12.1 Å². The van der Waals surface area contributed by atoms with Crippen molar-refractivity contribution in [1.82, 2.24) is 24.9 Å². The van der Waals surface area contributed by atoms with Gasteiger partial charge in [0.25, 0.3) is 0 Å². The molecule has 36 heavy (non-hydrogen) atoms. The van der Waals surface area contributed by atoms with Crippen LogP contribution in [0.15, 0.2) is 36.8 Å². The topological polar surface area (TPSA) is 96.2 Å². The zero-order valence-corrected chi connectivity index (χ0v) is 22.4. The van der Waals surface area contributed by atoms with Crippen LogP contribution in [0.2, 0.25) is 5.02 Å². The summed E-state index contributed by atoms with van der Waals surface area (Å²) in [6.45, 7) is 12.1. The molecular weight excluding hydrogens is 505 g/mol. The Balaban J connectivity index is 1.58. The number of nitrogens with zero attached hydrogens (tertiary/aromatic N) is 6. The molecule has 0 radical (unpaired) electrons. The molecule has 0 spiro atoms. The standard InChI is InChI=1S/C24H31ClFN7O2S/c1-5-12-36(34,35)29-20-7-6-19(26)23(22(20)25)33-16-21(28-30-33)17-13-18(15-27-14-17)31-8-10-32(11-9-31)24(2,3)4/h6-7,13-16,29H,5,8-12H2,1-4H3. The van der Waals surface area contributed by atoms with Crippen molar-refractivity contribution >= 4 is 33.0 Å². The van der Waals surface area contributed by atoms with E-state index in [2.05, 4.69) is 50.6 Å². The molecule has 1 aromatic carbocycles. The molecule has 2 aromatic heterocycles. The molecule has 0 saturated carbocycles. The van der Waals surface area contributed by atoms with Crippen LogP contribution in [0.25, 0.3) is 16.9 Å². The average Bonchev–Trinajstić information content (AvgIpc) is 3.30. The van der Waals surface area contributed by atoms with Gasteiger partial charge in [0, 0.05) is 43.5 Å². The van der Waals surface area contributed by atoms with Gasteiger partial charge in [0.05, 0.1) is 34.5 Å². The van der Waals surface area contributed by atoms with Crippen molar-refractivity contribution in [3.05, 3.63) is 47.6 Å². The number of pyridine rings is 1. The molecule has 9 nitrogen and oxygen atoms in total. The first-order valence-corrected chi connectivity index (χ1v) is 13.9. The number of hydrogen-bond acceptors (Lipinski definition) is 7. The van der Waals surface area contributed by atoms with E-state index in [4.69, 9.17) is 11.6 Å². The molecular formula is C24H31ClFN7O2S. The number of halogens is 2. The summed E-state index contributed by atoms with van der Waals surface area (Å²) in [6.07, 6.45) is 5.49. The predicted octanol–water partition coefficient (Wildman–Crippen LogP) is 4.19. The van der Waals surface area contributed by atoms with Crippen molar-refractivity contribution < 1.29 is 12.8 Å². The molecule has 1 fully saturated rings. The summed E-state index contributed by atoms with van der Waals surface area (Å²) in [5.74, 6) is -0.726. The van der Waals surface area contributed by atoms with E-state index < -0.39 is 15.8 Å². The fourth-order valence-corrected chi connectivity index (χ4v) is 5.69. The first-order valence-electron chi connectivity index (χ1n) is 11.8. The van der Waals surface area contributed by atoms with E-state index in [1.165, 1.54) is 10.7 Å². The van der Waals surface area contributed by atoms with Gasteiger partial charge in [-0.3, -0.25) is 14.6 Å². The SMILES string of the molecule is CCCS(=O)(=O)Nc1ccc(F)c(-n2cc(-c3cncc(N4CCN(C(C)(C)C)CC4)c3)nn2)c1Cl. The lowest BCUT2D eigenvalue weighted by molar-refractivity contribution is 0.128. The van der Waals surface area contributed by atoms with Gasteiger partial charge in [0.1, 0.15) is 11.4 Å². The second kappa shape index (κ2) is 10.3. The largest absolute Gasteiger partial charge is 0.368 e. The normalized spacial score (nSPS) is 15.3. The minimum absolute atomic E-state index is 0.0713. The fraction of sp³-hybridized carbons (Fsp3) is 0.458. The summed E-state index contributed by atoms with van der Waals surface area (Å²) in [5, 5.41) is 8.14. The van der Waals surface area contributed by atoms with Crippen LogP contribution in [0, 0.1) is 5.82 Å². The van der Waals surface area contributed by atoms with Gasteiger partial charge >= 0.3 is 0 Å². The van der Waals surface area contributed by atoms with Crippen LogP contribution in [0.5, 0.6) is 0 Å². The Kier molecular flexibility index (Phi) is 7.53. The molecule has 4 rings (SSSR count). The molecule has 3 heterocycles. The number of benzene rings is 1. The van der Waals surface area contributed by atoms with Gasteiger partial charge in [-0.15, -0.1) is 5.10 Å². The van der Waals surface area contributed by atoms with E-state index in [9.17, 15) is 12.8 Å². The number of sulfonamides is 1. The van der Waals surface area contributed by atoms with Crippen LogP contribution in [0.3, 0.4) is 0 Å². The predicted molar refractivity (Wildman–Crippen MR) is 141 cm³/mol. The van der Waals surface area contributed by atoms with Crippen molar-refractivity contribution in [2.45, 2.75) is 39.7 Å². The van der Waals surface area contributed by atoms with E-state index >= 15 is 0 Å². The van der Waals surface area contributed by atoms with Crippen molar-refractivity contribution in [2.24, 2.45) is 0 Å². The summed E-state index contributed by atoms with van der Waals surface area (Å²) in [7, 11) is -3.60. The maximum Gasteiger partial charge on any atom is 0.232 e. The molecule has 1 aliphatic rings. The fourth-order valence-electron chi connectivity index (χ4n) is 4.20. The lowest BCUT2D eigenvalue weighted by Crippen LogP contribution is -2.53. The van der Waals surface area contributed by atoms with Gasteiger partial charge < -0.3 is 4.90 Å². The first kappa shape index (κ1) is 26.3. The second-order valence-electron chi connectivity index (χ2n) is 9.80. The molecule has 0 bridgehead atoms. The maximum atomic E-state index is 14.8. The Morgan fingerprint density at radius 3 is 2.53 bits per heavy atom. The highest BCUT2D eigenvalue weighted by molar-refractivity contribution is 7.92. The molecule has 0 amide bonds. The van der Waals surface area contributed by atoms with E-state index in [0.717, 1.165) is 43.5 Å². The quantitative estimate of drug-likeness (QED) is 0.484. The summed E-state index contributed by atoms with van der Waals surface area (Å²) >= 11 is 6.40.